The average molecular weight is 478 g/mol. The molecule has 2 aromatic carbocycles. The fraction of sp³-hybridized carbons (Fsp3) is 0.200. The molecule has 0 fully saturated rings. The molecule has 0 aliphatic carbocycles. The second-order valence-electron chi connectivity index (χ2n) is 6.71. The van der Waals surface area contributed by atoms with Crippen molar-refractivity contribution in [1.29, 1.82) is 0 Å². The number of nitrogens with two attached hydrogens (primary N) is 1. The van der Waals surface area contributed by atoms with Crippen LogP contribution in [0.2, 0.25) is 5.02 Å². The summed E-state index contributed by atoms with van der Waals surface area (Å²) in [4.78, 5) is 10.6. The summed E-state index contributed by atoms with van der Waals surface area (Å²) in [5.41, 5.74) is 1.06. The summed E-state index contributed by atoms with van der Waals surface area (Å²) < 4.78 is 39.6. The molecule has 0 bridgehead atoms. The lowest BCUT2D eigenvalue weighted by molar-refractivity contribution is 0.174. The number of halogens is 1. The second kappa shape index (κ2) is 9.17. The summed E-state index contributed by atoms with van der Waals surface area (Å²) in [6.07, 6.45) is 1.57. The van der Waals surface area contributed by atoms with Crippen LogP contribution < -0.4 is 24.8 Å². The van der Waals surface area contributed by atoms with E-state index in [9.17, 15) is 8.42 Å². The molecule has 1 aliphatic rings. The van der Waals surface area contributed by atoms with E-state index >= 15 is 0 Å². The van der Waals surface area contributed by atoms with Gasteiger partial charge in [-0.05, 0) is 36.4 Å². The number of primary sulfonamides is 1. The number of ether oxygens (including phenoxy) is 3. The van der Waals surface area contributed by atoms with Gasteiger partial charge in [0.05, 0.1) is 16.5 Å². The van der Waals surface area contributed by atoms with Gasteiger partial charge < -0.3 is 24.4 Å². The fourth-order valence-corrected chi connectivity index (χ4v) is 3.96. The van der Waals surface area contributed by atoms with Crippen LogP contribution in [0.25, 0.3) is 0 Å². The van der Waals surface area contributed by atoms with Gasteiger partial charge in [0.1, 0.15) is 11.5 Å². The third-order valence-corrected chi connectivity index (χ3v) is 5.80. The van der Waals surface area contributed by atoms with E-state index in [4.69, 9.17) is 31.0 Å². The topological polar surface area (TPSA) is 129 Å². The Morgan fingerprint density at radius 1 is 1.25 bits per heavy atom. The van der Waals surface area contributed by atoms with Gasteiger partial charge in [0.15, 0.2) is 11.5 Å². The Labute approximate surface area is 189 Å². The third kappa shape index (κ3) is 4.70. The number of fused-ring (bicyclic) bond motifs is 1. The van der Waals surface area contributed by atoms with Crippen molar-refractivity contribution in [3.05, 3.63) is 53.7 Å². The molecule has 0 saturated heterocycles. The lowest BCUT2D eigenvalue weighted by Crippen LogP contribution is -2.24. The maximum Gasteiger partial charge on any atom is 0.238 e. The standard InChI is InChI=1S/C20H20ClN5O5S/c1-29-10-9-26(18-15(21)5-6-16-19(18)31-12-30-16)17-7-8-23-20(25-17)24-13-3-2-4-14(11-13)32(22,27)28/h2-8,11H,9-10,12H2,1H3,(H2,22,27,28)(H,23,24,25). The molecule has 0 saturated carbocycles. The number of hydrogen-bond acceptors (Lipinski definition) is 9. The first-order chi connectivity index (χ1) is 15.4. The maximum atomic E-state index is 11.6. The monoisotopic (exact) mass is 477 g/mol. The smallest absolute Gasteiger partial charge is 0.238 e. The Bertz CT molecular complexity index is 1240. The SMILES string of the molecule is COCCN(c1ccnc(Nc2cccc(S(N)(=O)=O)c2)n1)c1c(Cl)ccc2c1OCO2. The van der Waals surface area contributed by atoms with E-state index in [1.165, 1.54) is 12.1 Å². The minimum absolute atomic E-state index is 0.0239. The molecular formula is C20H20ClN5O5S. The fourth-order valence-electron chi connectivity index (χ4n) is 3.15. The van der Waals surface area contributed by atoms with E-state index in [-0.39, 0.29) is 17.6 Å². The zero-order valence-electron chi connectivity index (χ0n) is 17.0. The van der Waals surface area contributed by atoms with Crippen LogP contribution in [0.15, 0.2) is 53.6 Å². The van der Waals surface area contributed by atoms with Crippen molar-refractivity contribution in [2.24, 2.45) is 5.14 Å². The number of benzene rings is 2. The summed E-state index contributed by atoms with van der Waals surface area (Å²) in [6, 6.07) is 11.2. The molecule has 12 heteroatoms. The molecule has 0 spiro atoms. The number of aromatic nitrogens is 2. The summed E-state index contributed by atoms with van der Waals surface area (Å²) in [5.74, 6) is 1.87. The largest absolute Gasteiger partial charge is 0.454 e. The number of hydrogen-bond donors (Lipinski definition) is 2. The highest BCUT2D eigenvalue weighted by Crippen LogP contribution is 2.47. The van der Waals surface area contributed by atoms with Crippen LogP contribution in [-0.2, 0) is 14.8 Å². The van der Waals surface area contributed by atoms with Gasteiger partial charge in [0.25, 0.3) is 0 Å². The number of rotatable bonds is 8. The Kier molecular flexibility index (Phi) is 6.33. The van der Waals surface area contributed by atoms with E-state index in [1.54, 1.807) is 43.6 Å². The van der Waals surface area contributed by atoms with E-state index < -0.39 is 10.0 Å². The Balaban J connectivity index is 1.70. The van der Waals surface area contributed by atoms with Gasteiger partial charge in [-0.3, -0.25) is 0 Å². The number of anilines is 4. The molecule has 10 nitrogen and oxygen atoms in total. The summed E-state index contributed by atoms with van der Waals surface area (Å²) in [7, 11) is -2.24. The Hall–Kier alpha value is -3.12. The average Bonchev–Trinajstić information content (AvgIpc) is 3.24. The van der Waals surface area contributed by atoms with Crippen LogP contribution >= 0.6 is 11.6 Å². The number of sulfonamides is 1. The predicted octanol–water partition coefficient (Wildman–Crippen LogP) is 3.03. The van der Waals surface area contributed by atoms with Crippen molar-refractivity contribution < 1.29 is 22.6 Å². The molecule has 3 N–H and O–H groups in total. The van der Waals surface area contributed by atoms with Gasteiger partial charge in [0.2, 0.25) is 22.8 Å². The first-order valence-electron chi connectivity index (χ1n) is 9.44. The molecule has 0 radical (unpaired) electrons. The molecule has 2 heterocycles. The zero-order valence-corrected chi connectivity index (χ0v) is 18.6. The van der Waals surface area contributed by atoms with Gasteiger partial charge in [-0.2, -0.15) is 4.98 Å². The van der Waals surface area contributed by atoms with Crippen LogP contribution in [0.5, 0.6) is 11.5 Å². The van der Waals surface area contributed by atoms with Gasteiger partial charge in [-0.1, -0.05) is 17.7 Å². The highest BCUT2D eigenvalue weighted by Gasteiger charge is 2.26. The van der Waals surface area contributed by atoms with Crippen LogP contribution in [0.1, 0.15) is 0 Å². The molecule has 32 heavy (non-hydrogen) atoms. The van der Waals surface area contributed by atoms with Gasteiger partial charge >= 0.3 is 0 Å². The maximum absolute atomic E-state index is 11.6. The zero-order chi connectivity index (χ0) is 22.7. The molecule has 0 amide bonds. The highest BCUT2D eigenvalue weighted by atomic mass is 35.5. The van der Waals surface area contributed by atoms with Gasteiger partial charge in [-0.15, -0.1) is 0 Å². The van der Waals surface area contributed by atoms with Gasteiger partial charge in [-0.25, -0.2) is 18.5 Å². The lowest BCUT2D eigenvalue weighted by Gasteiger charge is -2.26. The van der Waals surface area contributed by atoms with Crippen LogP contribution in [0.3, 0.4) is 0 Å². The Morgan fingerprint density at radius 3 is 2.88 bits per heavy atom. The third-order valence-electron chi connectivity index (χ3n) is 4.59. The molecule has 3 aromatic rings. The first-order valence-corrected chi connectivity index (χ1v) is 11.4. The van der Waals surface area contributed by atoms with Crippen molar-refractivity contribution >= 4 is 44.8 Å². The normalized spacial score (nSPS) is 12.6. The Morgan fingerprint density at radius 2 is 2.09 bits per heavy atom. The quantitative estimate of drug-likeness (QED) is 0.502. The summed E-state index contributed by atoms with van der Waals surface area (Å²) in [5, 5.41) is 8.67. The van der Waals surface area contributed by atoms with Crippen LogP contribution in [0.4, 0.5) is 23.1 Å². The molecule has 0 unspecified atom stereocenters. The predicted molar refractivity (Wildman–Crippen MR) is 120 cm³/mol. The summed E-state index contributed by atoms with van der Waals surface area (Å²) in [6.45, 7) is 0.912. The van der Waals surface area contributed by atoms with Gasteiger partial charge in [0, 0.05) is 25.5 Å². The molecule has 0 atom stereocenters. The van der Waals surface area contributed by atoms with Crippen LogP contribution in [-0.4, -0.2) is 45.4 Å². The van der Waals surface area contributed by atoms with E-state index in [0.29, 0.717) is 46.9 Å². The first kappa shape index (κ1) is 22.1. The van der Waals surface area contributed by atoms with E-state index in [1.807, 2.05) is 4.90 Å². The lowest BCUT2D eigenvalue weighted by atomic mass is 10.2. The molecular weight excluding hydrogens is 458 g/mol. The highest BCUT2D eigenvalue weighted by molar-refractivity contribution is 7.89. The van der Waals surface area contributed by atoms with Crippen molar-refractivity contribution in [2.45, 2.75) is 4.90 Å². The van der Waals surface area contributed by atoms with Crippen molar-refractivity contribution in [3.8, 4) is 11.5 Å². The van der Waals surface area contributed by atoms with E-state index in [0.717, 1.165) is 0 Å². The minimum atomic E-state index is -3.84. The van der Waals surface area contributed by atoms with Crippen molar-refractivity contribution in [1.82, 2.24) is 9.97 Å². The molecule has 168 valence electrons. The molecule has 1 aliphatic heterocycles. The number of nitrogens with zero attached hydrogens (tertiary/aromatic N) is 3. The summed E-state index contributed by atoms with van der Waals surface area (Å²) >= 11 is 6.52. The molecule has 4 rings (SSSR count). The number of methoxy groups -OCH3 is 1. The van der Waals surface area contributed by atoms with Crippen molar-refractivity contribution in [2.75, 3.05) is 37.3 Å². The van der Waals surface area contributed by atoms with Crippen LogP contribution in [0, 0.1) is 0 Å². The number of nitrogens with one attached hydrogen (secondary N) is 1. The molecule has 1 aromatic heterocycles. The second-order valence-corrected chi connectivity index (χ2v) is 8.68. The van der Waals surface area contributed by atoms with Crippen molar-refractivity contribution in [3.63, 3.8) is 0 Å². The van der Waals surface area contributed by atoms with E-state index in [2.05, 4.69) is 15.3 Å². The minimum Gasteiger partial charge on any atom is -0.454 e.